The number of hydrogen-bond donors (Lipinski definition) is 13. The van der Waals surface area contributed by atoms with Crippen LogP contribution < -0.4 is 69.2 Å². The fraction of sp³-hybridized carbons (Fsp3) is 0.380. The average Bonchev–Trinajstić information content (AvgIpc) is 1.68. The highest BCUT2D eigenvalue weighted by molar-refractivity contribution is 7.92. The SMILES string of the molecule is CCCNC(=O)Nc1cccc(S(=O)(=O)Nc2cccc(C(CC(=O)O)NC(=O)Nc3ccc(NC(=S)N4CCC[C@@H]4C(=O)NCC(=O)NCC(=O)N[C@H](CC(C)C)C(=O)N[C@H](CC(N)=O)C(=O)N[C@@H](C(=O)O[C@@]4(CC)C(=O)OCc5c4cc4n(c5=O)Cc5cc6ccccc6nc5-4)C(C)C)cc3)c2)c1. The van der Waals surface area contributed by atoms with E-state index in [4.69, 9.17) is 32.4 Å². The van der Waals surface area contributed by atoms with E-state index in [1.165, 1.54) is 65.2 Å². The topological polar surface area (TPSA) is 457 Å². The number of fused-ring (bicyclic) bond motifs is 5. The minimum atomic E-state index is -4.21. The Morgan fingerprint density at radius 3 is 2.12 bits per heavy atom. The largest absolute Gasteiger partial charge is 0.481 e. The van der Waals surface area contributed by atoms with Crippen molar-refractivity contribution in [3.8, 4) is 11.4 Å². The molecule has 0 saturated carbocycles. The van der Waals surface area contributed by atoms with Gasteiger partial charge in [0.2, 0.25) is 41.0 Å². The van der Waals surface area contributed by atoms with Crippen LogP contribution in [-0.4, -0.2) is 149 Å². The summed E-state index contributed by atoms with van der Waals surface area (Å²) in [6, 6.07) is 20.8. The molecular weight excluding hydrogens is 1400 g/mol. The fourth-order valence-corrected chi connectivity index (χ4v) is 13.7. The van der Waals surface area contributed by atoms with Crippen LogP contribution in [0.4, 0.5) is 32.3 Å². The highest BCUT2D eigenvalue weighted by atomic mass is 32.2. The zero-order valence-electron chi connectivity index (χ0n) is 58.3. The molecule has 0 spiro atoms. The molecule has 34 heteroatoms. The number of rotatable bonds is 30. The Hall–Kier alpha value is -11.6. The van der Waals surface area contributed by atoms with Crippen molar-refractivity contribution >= 4 is 126 Å². The number of nitrogens with one attached hydrogen (secondary N) is 11. The molecular formula is C71H83N15O17S2. The third-order valence-electron chi connectivity index (χ3n) is 17.5. The molecule has 9 rings (SSSR count). The van der Waals surface area contributed by atoms with Crippen molar-refractivity contribution in [2.24, 2.45) is 17.6 Å². The van der Waals surface area contributed by atoms with Crippen molar-refractivity contribution in [2.45, 2.75) is 140 Å². The summed E-state index contributed by atoms with van der Waals surface area (Å²) >= 11 is 5.69. The van der Waals surface area contributed by atoms with Crippen LogP contribution in [0.2, 0.25) is 0 Å². The number of carbonyl (C=O) groups is 11. The van der Waals surface area contributed by atoms with Crippen molar-refractivity contribution in [1.29, 1.82) is 0 Å². The molecule has 32 nitrogen and oxygen atoms in total. The Labute approximate surface area is 608 Å². The number of nitrogens with two attached hydrogens (primary N) is 1. The van der Waals surface area contributed by atoms with E-state index in [2.05, 4.69) is 57.9 Å². The van der Waals surface area contributed by atoms with E-state index in [0.29, 0.717) is 54.9 Å². The first-order chi connectivity index (χ1) is 49.9. The van der Waals surface area contributed by atoms with Gasteiger partial charge in [0, 0.05) is 52.4 Å². The smallest absolute Gasteiger partial charge is 0.355 e. The normalized spacial score (nSPS) is 16.1. The maximum atomic E-state index is 14.4. The molecule has 556 valence electrons. The van der Waals surface area contributed by atoms with Crippen LogP contribution in [0, 0.1) is 11.8 Å². The minimum absolute atomic E-state index is 0.00188. The summed E-state index contributed by atoms with van der Waals surface area (Å²) < 4.78 is 42.4. The van der Waals surface area contributed by atoms with Gasteiger partial charge in [-0.2, -0.15) is 0 Å². The number of nitrogens with zero attached hydrogens (tertiary/aromatic N) is 3. The number of likely N-dealkylation sites (tertiary alicyclic amines) is 1. The summed E-state index contributed by atoms with van der Waals surface area (Å²) in [6.45, 7) is 9.46. The molecule has 10 amide bonds. The number of primary amides is 1. The standard InChI is InChI=1S/C71H83N15O17S2/c1-7-25-73-68(98)77-45-16-12-18-47(30-45)105(100,101)84-46-17-11-15-41(29-46)51(33-59(90)91)82-69(99)76-43-21-23-44(24-22-43)78-70(104)85-26-13-20-54(85)64(94)75-34-57(88)74-35-58(89)79-52(27-38(3)4)62(92)81-53(32-56(72)87)63(93)83-60(39(5)6)66(96)103-71(8-2)49-31-55-61-42(28-40-14-9-10-19-50(40)80-61)36-86(55)65(95)48(49)37-102-67(71)97/h9-12,14-19,21-24,28-31,38-39,51-54,60,84H,7-8,13,20,25-27,32-37H2,1-6H3,(H2,72,87)(H,74,88)(H,75,94)(H,78,104)(H,79,89)(H,81,92)(H,83,93)(H,90,91)(H2,73,77,98)(H2,76,82,99)/t51?,52-,53-,54-,60-,71-/m1/s1. The Bertz CT molecular complexity index is 4570. The molecule has 0 bridgehead atoms. The zero-order chi connectivity index (χ0) is 76.0. The van der Waals surface area contributed by atoms with Crippen LogP contribution in [0.5, 0.6) is 0 Å². The molecule has 3 aliphatic heterocycles. The third kappa shape index (κ3) is 19.4. The molecule has 105 heavy (non-hydrogen) atoms. The molecule has 6 aromatic rings. The number of pyridine rings is 2. The lowest BCUT2D eigenvalue weighted by Gasteiger charge is -2.37. The van der Waals surface area contributed by atoms with Gasteiger partial charge < -0.3 is 82.9 Å². The zero-order valence-corrected chi connectivity index (χ0v) is 60.0. The average molecular weight is 1480 g/mol. The summed E-state index contributed by atoms with van der Waals surface area (Å²) in [5.74, 6) is -9.47. The number of esters is 2. The van der Waals surface area contributed by atoms with Crippen molar-refractivity contribution in [3.63, 3.8) is 0 Å². The summed E-state index contributed by atoms with van der Waals surface area (Å²) in [5.41, 5.74) is 6.78. The highest BCUT2D eigenvalue weighted by Crippen LogP contribution is 2.42. The van der Waals surface area contributed by atoms with Crippen molar-refractivity contribution in [1.82, 2.24) is 51.7 Å². The molecule has 1 unspecified atom stereocenters. The molecule has 0 radical (unpaired) electrons. The second kappa shape index (κ2) is 34.2. The van der Waals surface area contributed by atoms with E-state index in [9.17, 15) is 71.1 Å². The number of hydrogen-bond acceptors (Lipinski definition) is 18. The monoisotopic (exact) mass is 1480 g/mol. The molecule has 5 heterocycles. The van der Waals surface area contributed by atoms with E-state index in [0.717, 1.165) is 10.9 Å². The first-order valence-corrected chi connectivity index (χ1v) is 35.9. The highest BCUT2D eigenvalue weighted by Gasteiger charge is 2.52. The van der Waals surface area contributed by atoms with Crippen LogP contribution in [0.15, 0.2) is 119 Å². The first kappa shape index (κ1) is 77.6. The number of urea groups is 2. The van der Waals surface area contributed by atoms with E-state index in [1.807, 2.05) is 37.3 Å². The first-order valence-electron chi connectivity index (χ1n) is 34.0. The van der Waals surface area contributed by atoms with Gasteiger partial charge >= 0.3 is 30.0 Å². The van der Waals surface area contributed by atoms with E-state index in [-0.39, 0.29) is 69.1 Å². The van der Waals surface area contributed by atoms with Gasteiger partial charge in [0.1, 0.15) is 30.8 Å². The van der Waals surface area contributed by atoms with Gasteiger partial charge in [-0.1, -0.05) is 77.9 Å². The summed E-state index contributed by atoms with van der Waals surface area (Å²) in [4.78, 5) is 167. The molecule has 0 aliphatic carbocycles. The number of aromatic nitrogens is 2. The number of carboxylic acids is 1. The van der Waals surface area contributed by atoms with Gasteiger partial charge in [-0.15, -0.1) is 0 Å². The van der Waals surface area contributed by atoms with Crippen LogP contribution in [0.3, 0.4) is 0 Å². The lowest BCUT2D eigenvalue weighted by molar-refractivity contribution is -0.191. The Balaban J connectivity index is 0.740. The second-order valence-corrected chi connectivity index (χ2v) is 28.2. The quantitative estimate of drug-likeness (QED) is 0.0219. The molecule has 1 fully saturated rings. The number of thiocarbonyl (C=S) groups is 1. The molecule has 1 saturated heterocycles. The maximum Gasteiger partial charge on any atom is 0.355 e. The van der Waals surface area contributed by atoms with Crippen LogP contribution in [0.1, 0.15) is 115 Å². The Morgan fingerprint density at radius 1 is 0.743 bits per heavy atom. The van der Waals surface area contributed by atoms with E-state index >= 15 is 0 Å². The molecule has 6 atom stereocenters. The number of carboxylic acid groups (broad SMARTS) is 1. The number of amides is 10. The van der Waals surface area contributed by atoms with Gasteiger partial charge in [-0.3, -0.25) is 43.1 Å². The number of benzene rings is 4. The van der Waals surface area contributed by atoms with Crippen molar-refractivity contribution < 1.29 is 75.7 Å². The predicted molar refractivity (Wildman–Crippen MR) is 389 cm³/mol. The minimum Gasteiger partial charge on any atom is -0.481 e. The number of ether oxygens (including phenoxy) is 2. The van der Waals surface area contributed by atoms with Gasteiger partial charge in [-0.05, 0) is 135 Å². The van der Waals surface area contributed by atoms with Gasteiger partial charge in [0.15, 0.2) is 5.11 Å². The molecule has 3 aliphatic rings. The Kier molecular flexibility index (Phi) is 25.2. The third-order valence-corrected chi connectivity index (χ3v) is 19.2. The second-order valence-electron chi connectivity index (χ2n) is 26.1. The number of carbonyl (C=O) groups excluding carboxylic acids is 10. The number of para-hydroxylation sites is 1. The van der Waals surface area contributed by atoms with Gasteiger partial charge in [0.05, 0.1) is 65.9 Å². The van der Waals surface area contributed by atoms with Crippen molar-refractivity contribution in [2.75, 3.05) is 46.9 Å². The predicted octanol–water partition coefficient (Wildman–Crippen LogP) is 4.43. The number of anilines is 4. The van der Waals surface area contributed by atoms with E-state index < -0.39 is 155 Å². The van der Waals surface area contributed by atoms with E-state index in [1.54, 1.807) is 57.7 Å². The lowest BCUT2D eigenvalue weighted by atomic mass is 9.85. The summed E-state index contributed by atoms with van der Waals surface area (Å²) in [5, 5.41) is 36.8. The number of sulfonamides is 1. The maximum absolute atomic E-state index is 14.4. The van der Waals surface area contributed by atoms with Crippen molar-refractivity contribution in [3.05, 3.63) is 142 Å². The van der Waals surface area contributed by atoms with Crippen LogP contribution >= 0.6 is 12.2 Å². The summed E-state index contributed by atoms with van der Waals surface area (Å²) in [7, 11) is -4.21. The lowest BCUT2D eigenvalue weighted by Crippen LogP contribution is -2.59. The molecule has 4 aromatic carbocycles. The molecule has 2 aromatic heterocycles. The molecule has 14 N–H and O–H groups in total. The van der Waals surface area contributed by atoms with Gasteiger partial charge in [-0.25, -0.2) is 32.6 Å². The number of aliphatic carboxylic acids is 1. The Morgan fingerprint density at radius 2 is 1.43 bits per heavy atom. The number of cyclic esters (lactones) is 1. The van der Waals surface area contributed by atoms with Crippen LogP contribution in [0.25, 0.3) is 22.3 Å². The fourth-order valence-electron chi connectivity index (χ4n) is 12.3. The van der Waals surface area contributed by atoms with Crippen LogP contribution in [-0.2, 0) is 81.4 Å². The van der Waals surface area contributed by atoms with Gasteiger partial charge in [0.25, 0.3) is 15.6 Å². The summed E-state index contributed by atoms with van der Waals surface area (Å²) in [6.07, 6.45) is 0.0971.